The van der Waals surface area contributed by atoms with Crippen LogP contribution in [0.25, 0.3) is 0 Å². The molecule has 0 aliphatic carbocycles. The van der Waals surface area contributed by atoms with Crippen LogP contribution in [-0.4, -0.2) is 37.1 Å². The molecule has 0 radical (unpaired) electrons. The summed E-state index contributed by atoms with van der Waals surface area (Å²) in [5.41, 5.74) is 1.97. The minimum atomic E-state index is -0.0653. The summed E-state index contributed by atoms with van der Waals surface area (Å²) >= 11 is 0. The van der Waals surface area contributed by atoms with E-state index in [1.54, 1.807) is 0 Å². The summed E-state index contributed by atoms with van der Waals surface area (Å²) in [6, 6.07) is 27.3. The van der Waals surface area contributed by atoms with Gasteiger partial charge in [-0.05, 0) is 48.5 Å². The molecule has 0 aromatic heterocycles. The Morgan fingerprint density at radius 2 is 1.29 bits per heavy atom. The molecule has 1 aliphatic rings. The molecule has 1 saturated heterocycles. The van der Waals surface area contributed by atoms with E-state index in [1.807, 2.05) is 77.7 Å². The lowest BCUT2D eigenvalue weighted by atomic mass is 10.2. The zero-order valence-electron chi connectivity index (χ0n) is 15.6. The van der Waals surface area contributed by atoms with Crippen LogP contribution in [0.5, 0.6) is 11.5 Å². The predicted octanol–water partition coefficient (Wildman–Crippen LogP) is 4.83. The zero-order chi connectivity index (χ0) is 19.2. The fourth-order valence-electron chi connectivity index (χ4n) is 3.24. The predicted molar refractivity (Wildman–Crippen MR) is 112 cm³/mol. The molecule has 142 valence electrons. The lowest BCUT2D eigenvalue weighted by molar-refractivity contribution is 0.208. The standard InChI is InChI=1S/C23H23N3O2/c27-23(26-17-15-25(16-18-26)20-7-3-1-4-8-20)24-19-11-13-22(14-12-19)28-21-9-5-2-6-10-21/h1-14H,15-18H2,(H,24,27). The molecule has 4 rings (SSSR count). The van der Waals surface area contributed by atoms with Gasteiger partial charge in [0.2, 0.25) is 0 Å². The molecular formula is C23H23N3O2. The summed E-state index contributed by atoms with van der Waals surface area (Å²) in [6.45, 7) is 3.08. The molecule has 1 aliphatic heterocycles. The molecule has 0 atom stereocenters. The number of anilines is 2. The highest BCUT2D eigenvalue weighted by atomic mass is 16.5. The Hall–Kier alpha value is -3.47. The van der Waals surface area contributed by atoms with Gasteiger partial charge in [-0.3, -0.25) is 0 Å². The van der Waals surface area contributed by atoms with E-state index in [0.29, 0.717) is 13.1 Å². The van der Waals surface area contributed by atoms with E-state index in [0.717, 1.165) is 30.3 Å². The summed E-state index contributed by atoms with van der Waals surface area (Å²) < 4.78 is 5.78. The van der Waals surface area contributed by atoms with Gasteiger partial charge in [0.15, 0.2) is 0 Å². The van der Waals surface area contributed by atoms with Gasteiger partial charge in [-0.1, -0.05) is 36.4 Å². The first-order chi connectivity index (χ1) is 13.8. The fraction of sp³-hybridized carbons (Fsp3) is 0.174. The highest BCUT2D eigenvalue weighted by molar-refractivity contribution is 5.89. The monoisotopic (exact) mass is 373 g/mol. The first-order valence-electron chi connectivity index (χ1n) is 9.47. The van der Waals surface area contributed by atoms with Crippen molar-refractivity contribution < 1.29 is 9.53 Å². The SMILES string of the molecule is O=C(Nc1ccc(Oc2ccccc2)cc1)N1CCN(c2ccccc2)CC1. The molecule has 1 heterocycles. The molecule has 0 saturated carbocycles. The van der Waals surface area contributed by atoms with Crippen LogP contribution in [0, 0.1) is 0 Å². The quantitative estimate of drug-likeness (QED) is 0.712. The molecular weight excluding hydrogens is 350 g/mol. The minimum absolute atomic E-state index is 0.0653. The van der Waals surface area contributed by atoms with Crippen molar-refractivity contribution in [1.29, 1.82) is 0 Å². The molecule has 0 spiro atoms. The molecule has 1 N–H and O–H groups in total. The van der Waals surface area contributed by atoms with Crippen LogP contribution in [0.1, 0.15) is 0 Å². The van der Waals surface area contributed by atoms with Crippen molar-refractivity contribution in [2.75, 3.05) is 36.4 Å². The summed E-state index contributed by atoms with van der Waals surface area (Å²) in [6.07, 6.45) is 0. The number of rotatable bonds is 4. The van der Waals surface area contributed by atoms with E-state index in [4.69, 9.17) is 4.74 Å². The number of hydrogen-bond acceptors (Lipinski definition) is 3. The number of carbonyl (C=O) groups is 1. The summed E-state index contributed by atoms with van der Waals surface area (Å²) in [4.78, 5) is 16.7. The van der Waals surface area contributed by atoms with Crippen molar-refractivity contribution in [2.45, 2.75) is 0 Å². The summed E-state index contributed by atoms with van der Waals surface area (Å²) in [7, 11) is 0. The Morgan fingerprint density at radius 1 is 0.714 bits per heavy atom. The van der Waals surface area contributed by atoms with Crippen LogP contribution in [0.15, 0.2) is 84.9 Å². The number of amides is 2. The molecule has 3 aromatic rings. The number of piperazine rings is 1. The molecule has 0 bridgehead atoms. The Morgan fingerprint density at radius 3 is 1.93 bits per heavy atom. The number of nitrogens with zero attached hydrogens (tertiary/aromatic N) is 2. The average molecular weight is 373 g/mol. The second-order valence-electron chi connectivity index (χ2n) is 6.68. The molecule has 1 fully saturated rings. The highest BCUT2D eigenvalue weighted by Crippen LogP contribution is 2.23. The second-order valence-corrected chi connectivity index (χ2v) is 6.68. The van der Waals surface area contributed by atoms with Gasteiger partial charge in [-0.25, -0.2) is 4.79 Å². The van der Waals surface area contributed by atoms with Gasteiger partial charge < -0.3 is 19.9 Å². The maximum atomic E-state index is 12.6. The Kier molecular flexibility index (Phi) is 5.43. The van der Waals surface area contributed by atoms with Crippen molar-refractivity contribution in [3.63, 3.8) is 0 Å². The van der Waals surface area contributed by atoms with Crippen LogP contribution >= 0.6 is 0 Å². The Balaban J connectivity index is 1.29. The summed E-state index contributed by atoms with van der Waals surface area (Å²) in [5.74, 6) is 1.52. The third-order valence-corrected chi connectivity index (χ3v) is 4.77. The van der Waals surface area contributed by atoms with Gasteiger partial charge in [-0.2, -0.15) is 0 Å². The van der Waals surface area contributed by atoms with Crippen LogP contribution in [-0.2, 0) is 0 Å². The second kappa shape index (κ2) is 8.48. The van der Waals surface area contributed by atoms with Gasteiger partial charge in [0.1, 0.15) is 11.5 Å². The van der Waals surface area contributed by atoms with E-state index in [-0.39, 0.29) is 6.03 Å². The average Bonchev–Trinajstić information content (AvgIpc) is 2.76. The first-order valence-corrected chi connectivity index (χ1v) is 9.47. The topological polar surface area (TPSA) is 44.8 Å². The number of carbonyl (C=O) groups excluding carboxylic acids is 1. The van der Waals surface area contributed by atoms with Gasteiger partial charge in [0, 0.05) is 37.6 Å². The maximum absolute atomic E-state index is 12.6. The number of urea groups is 1. The number of hydrogen-bond donors (Lipinski definition) is 1. The zero-order valence-corrected chi connectivity index (χ0v) is 15.6. The van der Waals surface area contributed by atoms with E-state index >= 15 is 0 Å². The van der Waals surface area contributed by atoms with Crippen molar-refractivity contribution in [2.24, 2.45) is 0 Å². The van der Waals surface area contributed by atoms with Gasteiger partial charge in [-0.15, -0.1) is 0 Å². The van der Waals surface area contributed by atoms with Crippen molar-refractivity contribution in [3.05, 3.63) is 84.9 Å². The first kappa shape index (κ1) is 17.9. The van der Waals surface area contributed by atoms with E-state index in [1.165, 1.54) is 5.69 Å². The molecule has 28 heavy (non-hydrogen) atoms. The third-order valence-electron chi connectivity index (χ3n) is 4.77. The van der Waals surface area contributed by atoms with Gasteiger partial charge in [0.25, 0.3) is 0 Å². The number of benzene rings is 3. The Bertz CT molecular complexity index is 890. The summed E-state index contributed by atoms with van der Waals surface area (Å²) in [5, 5.41) is 2.97. The van der Waals surface area contributed by atoms with Crippen molar-refractivity contribution in [1.82, 2.24) is 4.90 Å². The van der Waals surface area contributed by atoms with Crippen molar-refractivity contribution >= 4 is 17.4 Å². The molecule has 5 nitrogen and oxygen atoms in total. The normalized spacial score (nSPS) is 13.9. The minimum Gasteiger partial charge on any atom is -0.457 e. The molecule has 0 unspecified atom stereocenters. The van der Waals surface area contributed by atoms with Crippen molar-refractivity contribution in [3.8, 4) is 11.5 Å². The smallest absolute Gasteiger partial charge is 0.321 e. The van der Waals surface area contributed by atoms with Crippen LogP contribution in [0.2, 0.25) is 0 Å². The van der Waals surface area contributed by atoms with Gasteiger partial charge in [0.05, 0.1) is 0 Å². The van der Waals surface area contributed by atoms with E-state index in [2.05, 4.69) is 22.3 Å². The number of ether oxygens (including phenoxy) is 1. The van der Waals surface area contributed by atoms with E-state index < -0.39 is 0 Å². The lowest BCUT2D eigenvalue weighted by Crippen LogP contribution is -2.50. The Labute approximate surface area is 165 Å². The van der Waals surface area contributed by atoms with Crippen LogP contribution < -0.4 is 15.0 Å². The lowest BCUT2D eigenvalue weighted by Gasteiger charge is -2.36. The largest absolute Gasteiger partial charge is 0.457 e. The molecule has 5 heteroatoms. The van der Waals surface area contributed by atoms with E-state index in [9.17, 15) is 4.79 Å². The third kappa shape index (κ3) is 4.43. The van der Waals surface area contributed by atoms with Gasteiger partial charge >= 0.3 is 6.03 Å². The van der Waals surface area contributed by atoms with Crippen LogP contribution in [0.3, 0.4) is 0 Å². The molecule has 3 aromatic carbocycles. The molecule has 2 amide bonds. The number of para-hydroxylation sites is 2. The number of nitrogens with one attached hydrogen (secondary N) is 1. The fourth-order valence-corrected chi connectivity index (χ4v) is 3.24. The maximum Gasteiger partial charge on any atom is 0.321 e. The van der Waals surface area contributed by atoms with Crippen LogP contribution in [0.4, 0.5) is 16.2 Å². The highest BCUT2D eigenvalue weighted by Gasteiger charge is 2.21.